The quantitative estimate of drug-likeness (QED) is 0.798. The average molecular weight is 286 g/mol. The van der Waals surface area contributed by atoms with Crippen molar-refractivity contribution >= 4 is 11.8 Å². The molecule has 20 heavy (non-hydrogen) atoms. The summed E-state index contributed by atoms with van der Waals surface area (Å²) in [6, 6.07) is 9.95. The van der Waals surface area contributed by atoms with E-state index in [4.69, 9.17) is 10.2 Å². The second-order valence-corrected chi connectivity index (χ2v) is 5.16. The van der Waals surface area contributed by atoms with Crippen molar-refractivity contribution in [3.8, 4) is 5.69 Å². The minimum absolute atomic E-state index is 0.432. The van der Waals surface area contributed by atoms with E-state index in [1.165, 1.54) is 11.8 Å². The van der Waals surface area contributed by atoms with Gasteiger partial charge in [-0.25, -0.2) is 9.67 Å². The molecule has 0 aliphatic rings. The lowest BCUT2D eigenvalue weighted by molar-refractivity contribution is 0.453. The Morgan fingerprint density at radius 2 is 2.10 bits per heavy atom. The first-order valence-corrected chi connectivity index (χ1v) is 7.02. The van der Waals surface area contributed by atoms with E-state index >= 15 is 0 Å². The zero-order valence-corrected chi connectivity index (χ0v) is 11.8. The second-order valence-electron chi connectivity index (χ2n) is 4.22. The van der Waals surface area contributed by atoms with Gasteiger partial charge in [-0.3, -0.25) is 0 Å². The third-order valence-corrected chi connectivity index (χ3v) is 3.92. The highest BCUT2D eigenvalue weighted by Crippen LogP contribution is 2.32. The molecule has 0 saturated carbocycles. The van der Waals surface area contributed by atoms with Crippen LogP contribution in [0.4, 0.5) is 0 Å². The molecule has 2 aromatic heterocycles. The van der Waals surface area contributed by atoms with E-state index in [9.17, 15) is 0 Å². The number of aromatic nitrogens is 3. The van der Waals surface area contributed by atoms with Crippen molar-refractivity contribution in [2.75, 3.05) is 0 Å². The number of nitrogens with zero attached hydrogens (tertiary/aromatic N) is 3. The van der Waals surface area contributed by atoms with Crippen LogP contribution in [0.15, 0.2) is 57.5 Å². The van der Waals surface area contributed by atoms with Gasteiger partial charge in [-0.15, -0.1) is 0 Å². The third-order valence-electron chi connectivity index (χ3n) is 2.94. The van der Waals surface area contributed by atoms with Gasteiger partial charge in [-0.2, -0.15) is 5.10 Å². The molecule has 0 saturated heterocycles. The van der Waals surface area contributed by atoms with Crippen LogP contribution in [0.5, 0.6) is 0 Å². The number of rotatable bonds is 4. The zero-order valence-electron chi connectivity index (χ0n) is 11.0. The lowest BCUT2D eigenvalue weighted by Crippen LogP contribution is -2.01. The normalized spacial score (nSPS) is 10.9. The monoisotopic (exact) mass is 286 g/mol. The number of hydrogen-bond donors (Lipinski definition) is 1. The van der Waals surface area contributed by atoms with Gasteiger partial charge in [0.15, 0.2) is 0 Å². The number of oxazole rings is 1. The molecule has 2 heterocycles. The number of hydrogen-bond acceptors (Lipinski definition) is 5. The largest absolute Gasteiger partial charge is 0.440 e. The van der Waals surface area contributed by atoms with Crippen LogP contribution in [0, 0.1) is 6.92 Å². The van der Waals surface area contributed by atoms with E-state index in [1.54, 1.807) is 12.5 Å². The summed E-state index contributed by atoms with van der Waals surface area (Å²) in [7, 11) is 0. The molecule has 5 nitrogen and oxygen atoms in total. The maximum atomic E-state index is 5.85. The summed E-state index contributed by atoms with van der Waals surface area (Å²) in [5.41, 5.74) is 8.78. The van der Waals surface area contributed by atoms with Gasteiger partial charge in [0.05, 0.1) is 17.6 Å². The van der Waals surface area contributed by atoms with Crippen LogP contribution < -0.4 is 5.73 Å². The van der Waals surface area contributed by atoms with Crippen LogP contribution in [0.2, 0.25) is 0 Å². The maximum Gasteiger partial charge on any atom is 0.261 e. The van der Waals surface area contributed by atoms with E-state index in [-0.39, 0.29) is 0 Å². The standard InChI is InChI=1S/C14H14N4OS/c1-10-12(9-15)13(20-14-16-7-8-19-14)18(17-10)11-5-3-2-4-6-11/h2-8H,9,15H2,1H3. The summed E-state index contributed by atoms with van der Waals surface area (Å²) in [6.07, 6.45) is 3.18. The van der Waals surface area contributed by atoms with E-state index in [1.807, 2.05) is 41.9 Å². The van der Waals surface area contributed by atoms with Gasteiger partial charge < -0.3 is 10.2 Å². The summed E-state index contributed by atoms with van der Waals surface area (Å²) in [6.45, 7) is 2.39. The molecule has 3 aromatic rings. The van der Waals surface area contributed by atoms with E-state index in [2.05, 4.69) is 10.1 Å². The van der Waals surface area contributed by atoms with Gasteiger partial charge in [0, 0.05) is 12.1 Å². The first-order valence-electron chi connectivity index (χ1n) is 6.21. The van der Waals surface area contributed by atoms with Gasteiger partial charge in [-0.05, 0) is 30.8 Å². The predicted molar refractivity (Wildman–Crippen MR) is 76.8 cm³/mol. The molecule has 2 N–H and O–H groups in total. The predicted octanol–water partition coefficient (Wildman–Crippen LogP) is 2.78. The summed E-state index contributed by atoms with van der Waals surface area (Å²) >= 11 is 1.43. The van der Waals surface area contributed by atoms with Crippen LogP contribution in [0.1, 0.15) is 11.3 Å². The van der Waals surface area contributed by atoms with Gasteiger partial charge in [0.2, 0.25) is 0 Å². The Morgan fingerprint density at radius 3 is 2.75 bits per heavy atom. The molecule has 0 radical (unpaired) electrons. The first-order chi connectivity index (χ1) is 9.79. The Labute approximate surface area is 120 Å². The summed E-state index contributed by atoms with van der Waals surface area (Å²) < 4.78 is 7.19. The smallest absolute Gasteiger partial charge is 0.261 e. The molecule has 0 atom stereocenters. The Balaban J connectivity index is 2.10. The SMILES string of the molecule is Cc1nn(-c2ccccc2)c(Sc2ncco2)c1CN. The van der Waals surface area contributed by atoms with Crippen molar-refractivity contribution in [2.24, 2.45) is 5.73 Å². The van der Waals surface area contributed by atoms with Crippen molar-refractivity contribution in [3.63, 3.8) is 0 Å². The minimum Gasteiger partial charge on any atom is -0.440 e. The molecule has 3 rings (SSSR count). The van der Waals surface area contributed by atoms with Crippen LogP contribution in [0.3, 0.4) is 0 Å². The fourth-order valence-electron chi connectivity index (χ4n) is 1.97. The Kier molecular flexibility index (Phi) is 3.58. The topological polar surface area (TPSA) is 69.9 Å². The summed E-state index contributed by atoms with van der Waals surface area (Å²) in [5, 5.41) is 6.10. The molecular formula is C14H14N4OS. The number of nitrogens with two attached hydrogens (primary N) is 1. The number of benzene rings is 1. The number of para-hydroxylation sites is 1. The highest BCUT2D eigenvalue weighted by atomic mass is 32.2. The molecule has 0 aliphatic carbocycles. The fourth-order valence-corrected chi connectivity index (χ4v) is 2.94. The molecule has 0 aliphatic heterocycles. The Hall–Kier alpha value is -2.05. The molecule has 0 bridgehead atoms. The number of aryl methyl sites for hydroxylation is 1. The molecule has 0 fully saturated rings. The third kappa shape index (κ3) is 2.35. The van der Waals surface area contributed by atoms with E-state index in [0.29, 0.717) is 11.8 Å². The summed E-state index contributed by atoms with van der Waals surface area (Å²) in [4.78, 5) is 4.15. The van der Waals surface area contributed by atoms with Crippen molar-refractivity contribution in [2.45, 2.75) is 23.7 Å². The van der Waals surface area contributed by atoms with Crippen molar-refractivity contribution < 1.29 is 4.42 Å². The first kappa shape index (κ1) is 13.0. The zero-order chi connectivity index (χ0) is 13.9. The second kappa shape index (κ2) is 5.52. The minimum atomic E-state index is 0.432. The van der Waals surface area contributed by atoms with E-state index in [0.717, 1.165) is 22.0 Å². The molecule has 0 spiro atoms. The average Bonchev–Trinajstić information content (AvgIpc) is 3.08. The molecule has 0 amide bonds. The van der Waals surface area contributed by atoms with Gasteiger partial charge in [-0.1, -0.05) is 18.2 Å². The maximum absolute atomic E-state index is 5.85. The van der Waals surface area contributed by atoms with Crippen LogP contribution in [-0.4, -0.2) is 14.8 Å². The summed E-state index contributed by atoms with van der Waals surface area (Å²) in [5.74, 6) is 0. The molecular weight excluding hydrogens is 272 g/mol. The van der Waals surface area contributed by atoms with Crippen LogP contribution in [-0.2, 0) is 6.54 Å². The van der Waals surface area contributed by atoms with E-state index < -0.39 is 0 Å². The van der Waals surface area contributed by atoms with Crippen LogP contribution in [0.25, 0.3) is 5.69 Å². The molecule has 0 unspecified atom stereocenters. The van der Waals surface area contributed by atoms with Gasteiger partial charge in [0.25, 0.3) is 5.22 Å². The molecule has 102 valence electrons. The Morgan fingerprint density at radius 1 is 1.30 bits per heavy atom. The highest BCUT2D eigenvalue weighted by Gasteiger charge is 2.18. The molecule has 1 aromatic carbocycles. The van der Waals surface area contributed by atoms with Crippen molar-refractivity contribution in [1.82, 2.24) is 14.8 Å². The van der Waals surface area contributed by atoms with Gasteiger partial charge in [0.1, 0.15) is 11.3 Å². The highest BCUT2D eigenvalue weighted by molar-refractivity contribution is 7.99. The van der Waals surface area contributed by atoms with Gasteiger partial charge >= 0.3 is 0 Å². The Bertz CT molecular complexity index is 692. The molecule has 6 heteroatoms. The van der Waals surface area contributed by atoms with Crippen molar-refractivity contribution in [3.05, 3.63) is 54.0 Å². The van der Waals surface area contributed by atoms with Crippen molar-refractivity contribution in [1.29, 1.82) is 0 Å². The lowest BCUT2D eigenvalue weighted by Gasteiger charge is -2.06. The van der Waals surface area contributed by atoms with Crippen LogP contribution >= 0.6 is 11.8 Å². The fraction of sp³-hybridized carbons (Fsp3) is 0.143. The lowest BCUT2D eigenvalue weighted by atomic mass is 10.3.